The van der Waals surface area contributed by atoms with Crippen LogP contribution in [0.15, 0.2) is 0 Å². The van der Waals surface area contributed by atoms with E-state index in [0.717, 1.165) is 19.5 Å². The maximum atomic E-state index is 12.1. The third-order valence-electron chi connectivity index (χ3n) is 3.60. The molecule has 0 saturated carbocycles. The molecule has 2 atom stereocenters. The van der Waals surface area contributed by atoms with Crippen LogP contribution >= 0.6 is 0 Å². The number of carbonyl (C=O) groups is 2. The summed E-state index contributed by atoms with van der Waals surface area (Å²) in [5, 5.41) is 0. The number of likely N-dealkylation sites (N-methyl/N-ethyl adjacent to an activating group) is 1. The van der Waals surface area contributed by atoms with E-state index in [-0.39, 0.29) is 17.8 Å². The van der Waals surface area contributed by atoms with Gasteiger partial charge in [0.1, 0.15) is 0 Å². The highest BCUT2D eigenvalue weighted by atomic mass is 16.5. The van der Waals surface area contributed by atoms with Gasteiger partial charge in [-0.2, -0.15) is 0 Å². The Morgan fingerprint density at radius 3 is 2.74 bits per heavy atom. The number of ether oxygens (including phenoxy) is 1. The van der Waals surface area contributed by atoms with E-state index in [9.17, 15) is 9.59 Å². The molecule has 5 nitrogen and oxygen atoms in total. The smallest absolute Gasteiger partial charge is 0.309 e. The Morgan fingerprint density at radius 1 is 1.47 bits per heavy atom. The van der Waals surface area contributed by atoms with Gasteiger partial charge in [0.05, 0.1) is 19.6 Å². The average Bonchev–Trinajstić information content (AvgIpc) is 2.37. The molecule has 110 valence electrons. The van der Waals surface area contributed by atoms with Gasteiger partial charge in [0.25, 0.3) is 0 Å². The molecule has 1 aliphatic rings. The lowest BCUT2D eigenvalue weighted by Crippen LogP contribution is -2.45. The van der Waals surface area contributed by atoms with Gasteiger partial charge >= 0.3 is 5.97 Å². The van der Waals surface area contributed by atoms with E-state index in [2.05, 4.69) is 11.7 Å². The van der Waals surface area contributed by atoms with Gasteiger partial charge in [-0.15, -0.1) is 0 Å². The minimum absolute atomic E-state index is 0.158. The Labute approximate surface area is 115 Å². The maximum absolute atomic E-state index is 12.1. The molecule has 1 aliphatic heterocycles. The molecule has 1 saturated heterocycles. The first-order valence-corrected chi connectivity index (χ1v) is 6.98. The van der Waals surface area contributed by atoms with Crippen molar-refractivity contribution >= 4 is 11.9 Å². The van der Waals surface area contributed by atoms with Crippen molar-refractivity contribution in [2.75, 3.05) is 40.3 Å². The molecule has 0 aromatic heterocycles. The molecule has 0 bridgehead atoms. The van der Waals surface area contributed by atoms with Crippen LogP contribution in [0.25, 0.3) is 0 Å². The van der Waals surface area contributed by atoms with E-state index in [1.165, 1.54) is 13.5 Å². The average molecular weight is 270 g/mol. The summed E-state index contributed by atoms with van der Waals surface area (Å²) in [5.41, 5.74) is 0. The van der Waals surface area contributed by atoms with Gasteiger partial charge in [-0.1, -0.05) is 13.8 Å². The fourth-order valence-electron chi connectivity index (χ4n) is 2.55. The number of rotatable bonds is 5. The first-order chi connectivity index (χ1) is 8.93. The SMILES string of the molecule is COC(=O)C(C)CN(C)CC(=O)N1CCCC(C)C1. The number of piperidine rings is 1. The van der Waals surface area contributed by atoms with E-state index < -0.39 is 0 Å². The number of carbonyl (C=O) groups excluding carboxylic acids is 2. The van der Waals surface area contributed by atoms with Crippen molar-refractivity contribution < 1.29 is 14.3 Å². The molecule has 2 unspecified atom stereocenters. The van der Waals surface area contributed by atoms with E-state index in [1.807, 2.05) is 23.8 Å². The van der Waals surface area contributed by atoms with Crippen LogP contribution in [0.2, 0.25) is 0 Å². The summed E-state index contributed by atoms with van der Waals surface area (Å²) >= 11 is 0. The molecule has 1 heterocycles. The number of hydrogen-bond acceptors (Lipinski definition) is 4. The van der Waals surface area contributed by atoms with Crippen molar-refractivity contribution in [2.24, 2.45) is 11.8 Å². The number of amides is 1. The number of esters is 1. The van der Waals surface area contributed by atoms with Gasteiger partial charge in [-0.25, -0.2) is 0 Å². The standard InChI is InChI=1S/C14H26N2O3/c1-11-6-5-7-16(8-11)13(17)10-15(3)9-12(2)14(18)19-4/h11-12H,5-10H2,1-4H3. The van der Waals surface area contributed by atoms with Gasteiger partial charge < -0.3 is 9.64 Å². The van der Waals surface area contributed by atoms with E-state index in [4.69, 9.17) is 0 Å². The highest BCUT2D eigenvalue weighted by Gasteiger charge is 2.23. The second kappa shape index (κ2) is 7.48. The van der Waals surface area contributed by atoms with E-state index >= 15 is 0 Å². The summed E-state index contributed by atoms with van der Waals surface area (Å²) in [6.07, 6.45) is 2.30. The Balaban J connectivity index is 2.37. The monoisotopic (exact) mass is 270 g/mol. The van der Waals surface area contributed by atoms with Crippen LogP contribution in [0.5, 0.6) is 0 Å². The minimum Gasteiger partial charge on any atom is -0.469 e. The quantitative estimate of drug-likeness (QED) is 0.699. The number of methoxy groups -OCH3 is 1. The largest absolute Gasteiger partial charge is 0.469 e. The van der Waals surface area contributed by atoms with Gasteiger partial charge in [0.15, 0.2) is 0 Å². The van der Waals surface area contributed by atoms with Crippen LogP contribution in [0.3, 0.4) is 0 Å². The normalized spacial score (nSPS) is 21.3. The molecule has 1 rings (SSSR count). The molecule has 0 spiro atoms. The molecule has 0 aromatic carbocycles. The highest BCUT2D eigenvalue weighted by Crippen LogP contribution is 2.15. The third kappa shape index (κ3) is 5.19. The van der Waals surface area contributed by atoms with Crippen LogP contribution in [0.1, 0.15) is 26.7 Å². The van der Waals surface area contributed by atoms with Crippen LogP contribution < -0.4 is 0 Å². The molecule has 19 heavy (non-hydrogen) atoms. The van der Waals surface area contributed by atoms with Crippen molar-refractivity contribution in [1.29, 1.82) is 0 Å². The van der Waals surface area contributed by atoms with Crippen molar-refractivity contribution in [2.45, 2.75) is 26.7 Å². The summed E-state index contributed by atoms with van der Waals surface area (Å²) in [6, 6.07) is 0. The van der Waals surface area contributed by atoms with Crippen molar-refractivity contribution in [3.05, 3.63) is 0 Å². The lowest BCUT2D eigenvalue weighted by Gasteiger charge is -2.32. The first kappa shape index (κ1) is 16.0. The fourth-order valence-corrected chi connectivity index (χ4v) is 2.55. The summed E-state index contributed by atoms with van der Waals surface area (Å²) in [4.78, 5) is 27.3. The lowest BCUT2D eigenvalue weighted by atomic mass is 10.0. The molecule has 1 fully saturated rings. The number of nitrogens with zero attached hydrogens (tertiary/aromatic N) is 2. The molecule has 0 N–H and O–H groups in total. The van der Waals surface area contributed by atoms with Gasteiger partial charge in [0.2, 0.25) is 5.91 Å². The predicted octanol–water partition coefficient (Wildman–Crippen LogP) is 0.986. The predicted molar refractivity (Wildman–Crippen MR) is 73.7 cm³/mol. The molecule has 0 aliphatic carbocycles. The van der Waals surface area contributed by atoms with Crippen LogP contribution in [0, 0.1) is 11.8 Å². The minimum atomic E-state index is -0.231. The summed E-state index contributed by atoms with van der Waals surface area (Å²) in [7, 11) is 3.25. The summed E-state index contributed by atoms with van der Waals surface area (Å²) in [6.45, 7) is 6.64. The summed E-state index contributed by atoms with van der Waals surface area (Å²) < 4.78 is 4.69. The molecule has 0 radical (unpaired) electrons. The maximum Gasteiger partial charge on any atom is 0.309 e. The molecule has 1 amide bonds. The molecule has 0 aromatic rings. The highest BCUT2D eigenvalue weighted by molar-refractivity contribution is 5.78. The van der Waals surface area contributed by atoms with Gasteiger partial charge in [0, 0.05) is 19.6 Å². The van der Waals surface area contributed by atoms with Crippen LogP contribution in [-0.4, -0.2) is 62.0 Å². The van der Waals surface area contributed by atoms with Crippen LogP contribution in [0.4, 0.5) is 0 Å². The topological polar surface area (TPSA) is 49.9 Å². The Morgan fingerprint density at radius 2 is 2.16 bits per heavy atom. The van der Waals surface area contributed by atoms with Gasteiger partial charge in [-0.05, 0) is 25.8 Å². The third-order valence-corrected chi connectivity index (χ3v) is 3.60. The number of hydrogen-bond donors (Lipinski definition) is 0. The second-order valence-corrected chi connectivity index (χ2v) is 5.71. The second-order valence-electron chi connectivity index (χ2n) is 5.71. The van der Waals surface area contributed by atoms with E-state index in [1.54, 1.807) is 0 Å². The zero-order valence-corrected chi connectivity index (χ0v) is 12.5. The zero-order valence-electron chi connectivity index (χ0n) is 12.5. The molecular weight excluding hydrogens is 244 g/mol. The van der Waals surface area contributed by atoms with Crippen molar-refractivity contribution in [1.82, 2.24) is 9.80 Å². The Kier molecular flexibility index (Phi) is 6.28. The Hall–Kier alpha value is -1.10. The Bertz CT molecular complexity index is 320. The van der Waals surface area contributed by atoms with Crippen molar-refractivity contribution in [3.63, 3.8) is 0 Å². The first-order valence-electron chi connectivity index (χ1n) is 6.98. The van der Waals surface area contributed by atoms with E-state index in [0.29, 0.717) is 19.0 Å². The zero-order chi connectivity index (χ0) is 14.4. The van der Waals surface area contributed by atoms with Crippen molar-refractivity contribution in [3.8, 4) is 0 Å². The summed E-state index contributed by atoms with van der Waals surface area (Å²) in [5.74, 6) is 0.317. The molecule has 5 heteroatoms. The molecular formula is C14H26N2O3. The fraction of sp³-hybridized carbons (Fsp3) is 0.857. The lowest BCUT2D eigenvalue weighted by molar-refractivity contribution is -0.146. The van der Waals surface area contributed by atoms with Gasteiger partial charge in [-0.3, -0.25) is 14.5 Å². The number of likely N-dealkylation sites (tertiary alicyclic amines) is 1. The van der Waals surface area contributed by atoms with Crippen LogP contribution in [-0.2, 0) is 14.3 Å².